The van der Waals surface area contributed by atoms with Crippen LogP contribution in [0.5, 0.6) is 0 Å². The highest BCUT2D eigenvalue weighted by Crippen LogP contribution is 2.23. The Hall–Kier alpha value is -1.29. The number of benzene rings is 1. The van der Waals surface area contributed by atoms with Gasteiger partial charge in [0.2, 0.25) is 0 Å². The fraction of sp³-hybridized carbons (Fsp3) is 0.143. The average Bonchev–Trinajstić information content (AvgIpc) is 3.03. The van der Waals surface area contributed by atoms with E-state index in [4.69, 9.17) is 0 Å². The highest BCUT2D eigenvalue weighted by Gasteiger charge is 2.12. The van der Waals surface area contributed by atoms with E-state index in [1.807, 2.05) is 0 Å². The maximum atomic E-state index is 12.2. The number of halogens is 1. The van der Waals surface area contributed by atoms with Gasteiger partial charge in [0, 0.05) is 13.3 Å². The van der Waals surface area contributed by atoms with Crippen molar-refractivity contribution in [2.45, 2.75) is 4.90 Å². The van der Waals surface area contributed by atoms with Gasteiger partial charge in [-0.3, -0.25) is 4.79 Å². The van der Waals surface area contributed by atoms with Crippen molar-refractivity contribution < 1.29 is 13.2 Å². The molecule has 2 heterocycles. The molecule has 0 fully saturated rings. The van der Waals surface area contributed by atoms with E-state index >= 15 is 0 Å². The monoisotopic (exact) mass is 430 g/mol. The van der Waals surface area contributed by atoms with Crippen molar-refractivity contribution in [3.8, 4) is 0 Å². The molecule has 0 aliphatic carbocycles. The summed E-state index contributed by atoms with van der Waals surface area (Å²) >= 11 is 5.93. The fourth-order valence-electron chi connectivity index (χ4n) is 2.02. The first-order valence-electron chi connectivity index (χ1n) is 6.40. The molecule has 0 radical (unpaired) electrons. The van der Waals surface area contributed by atoms with Crippen LogP contribution < -0.4 is 4.80 Å². The minimum atomic E-state index is -3.26. The number of hydrogen-bond donors (Lipinski definition) is 0. The number of amides is 1. The third-order valence-electron chi connectivity index (χ3n) is 3.19. The van der Waals surface area contributed by atoms with E-state index in [-0.39, 0.29) is 10.8 Å². The Balaban J connectivity index is 2.13. The van der Waals surface area contributed by atoms with E-state index in [1.165, 1.54) is 28.9 Å². The number of hydrogen-bond acceptors (Lipinski definition) is 5. The SMILES string of the molecule is Cn1c(=NC(=O)c2ccc(Br)s2)sc2cc(S(C)(=O)=O)ccc21. The van der Waals surface area contributed by atoms with E-state index < -0.39 is 9.84 Å². The number of thiophene rings is 1. The second-order valence-electron chi connectivity index (χ2n) is 4.87. The number of carbonyl (C=O) groups is 1. The van der Waals surface area contributed by atoms with Crippen LogP contribution in [0.2, 0.25) is 0 Å². The van der Waals surface area contributed by atoms with Crippen LogP contribution in [0.25, 0.3) is 10.2 Å². The minimum Gasteiger partial charge on any atom is -0.319 e. The van der Waals surface area contributed by atoms with Crippen LogP contribution in [0.3, 0.4) is 0 Å². The number of thiazole rings is 1. The number of aromatic nitrogens is 1. The van der Waals surface area contributed by atoms with E-state index in [1.54, 1.807) is 41.9 Å². The van der Waals surface area contributed by atoms with Crippen molar-refractivity contribution in [1.29, 1.82) is 0 Å². The van der Waals surface area contributed by atoms with E-state index in [0.29, 0.717) is 9.68 Å². The first kappa shape index (κ1) is 16.6. The molecule has 0 spiro atoms. The van der Waals surface area contributed by atoms with Gasteiger partial charge in [0.15, 0.2) is 14.6 Å². The molecular weight excluding hydrogens is 420 g/mol. The third kappa shape index (κ3) is 3.32. The topological polar surface area (TPSA) is 68.5 Å². The number of nitrogens with zero attached hydrogens (tertiary/aromatic N) is 2. The molecule has 23 heavy (non-hydrogen) atoms. The quantitative estimate of drug-likeness (QED) is 0.626. The molecule has 0 saturated heterocycles. The van der Waals surface area contributed by atoms with Gasteiger partial charge in [0.05, 0.1) is 23.8 Å². The summed E-state index contributed by atoms with van der Waals surface area (Å²) in [5, 5.41) is 0. The summed E-state index contributed by atoms with van der Waals surface area (Å²) in [6.07, 6.45) is 1.17. The van der Waals surface area contributed by atoms with Crippen LogP contribution in [-0.4, -0.2) is 25.1 Å². The summed E-state index contributed by atoms with van der Waals surface area (Å²) in [6, 6.07) is 8.42. The maximum absolute atomic E-state index is 12.2. The summed E-state index contributed by atoms with van der Waals surface area (Å²) < 4.78 is 26.7. The molecule has 0 bridgehead atoms. The minimum absolute atomic E-state index is 0.256. The average molecular weight is 431 g/mol. The van der Waals surface area contributed by atoms with Gasteiger partial charge in [0.1, 0.15) is 0 Å². The molecule has 1 aromatic carbocycles. The summed E-state index contributed by atoms with van der Waals surface area (Å²) in [5.74, 6) is -0.314. The molecule has 0 aliphatic rings. The summed E-state index contributed by atoms with van der Waals surface area (Å²) in [6.45, 7) is 0. The number of rotatable bonds is 2. The van der Waals surface area contributed by atoms with Crippen molar-refractivity contribution in [2.75, 3.05) is 6.26 Å². The Kier molecular flexibility index (Phi) is 4.30. The second-order valence-corrected chi connectivity index (χ2v) is 10.4. The van der Waals surface area contributed by atoms with Crippen LogP contribution in [0.4, 0.5) is 0 Å². The van der Waals surface area contributed by atoms with Crippen molar-refractivity contribution in [1.82, 2.24) is 4.57 Å². The van der Waals surface area contributed by atoms with Gasteiger partial charge in [-0.1, -0.05) is 11.3 Å². The van der Waals surface area contributed by atoms with Gasteiger partial charge in [-0.05, 0) is 46.3 Å². The first-order valence-corrected chi connectivity index (χ1v) is 10.7. The number of aryl methyl sites for hydroxylation is 1. The van der Waals surface area contributed by atoms with Crippen LogP contribution >= 0.6 is 38.6 Å². The normalized spacial score (nSPS) is 12.9. The Bertz CT molecular complexity index is 1090. The zero-order chi connectivity index (χ0) is 16.8. The van der Waals surface area contributed by atoms with E-state index in [9.17, 15) is 13.2 Å². The smallest absolute Gasteiger partial charge is 0.289 e. The molecule has 0 aliphatic heterocycles. The van der Waals surface area contributed by atoms with Gasteiger partial charge < -0.3 is 4.57 Å². The van der Waals surface area contributed by atoms with Gasteiger partial charge in [-0.25, -0.2) is 8.42 Å². The van der Waals surface area contributed by atoms with Crippen molar-refractivity contribution in [2.24, 2.45) is 12.0 Å². The summed E-state index contributed by atoms with van der Waals surface area (Å²) in [7, 11) is -1.46. The molecule has 0 N–H and O–H groups in total. The molecular formula is C14H11BrN2O3S3. The van der Waals surface area contributed by atoms with Crippen molar-refractivity contribution in [3.63, 3.8) is 0 Å². The third-order valence-corrected chi connectivity index (χ3v) is 7.01. The zero-order valence-corrected chi connectivity index (χ0v) is 16.1. The van der Waals surface area contributed by atoms with Crippen molar-refractivity contribution in [3.05, 3.63) is 43.8 Å². The lowest BCUT2D eigenvalue weighted by Crippen LogP contribution is -2.12. The molecule has 9 heteroatoms. The largest absolute Gasteiger partial charge is 0.319 e. The lowest BCUT2D eigenvalue weighted by molar-refractivity contribution is 0.100. The Labute approximate surface area is 149 Å². The van der Waals surface area contributed by atoms with Gasteiger partial charge in [0.25, 0.3) is 5.91 Å². The van der Waals surface area contributed by atoms with Gasteiger partial charge in [-0.15, -0.1) is 11.3 Å². The number of sulfone groups is 1. The first-order chi connectivity index (χ1) is 10.8. The number of fused-ring (bicyclic) bond motifs is 1. The Morgan fingerprint density at radius 3 is 2.57 bits per heavy atom. The maximum Gasteiger partial charge on any atom is 0.289 e. The van der Waals surface area contributed by atoms with Crippen LogP contribution in [0.1, 0.15) is 9.67 Å². The highest BCUT2D eigenvalue weighted by molar-refractivity contribution is 9.11. The van der Waals surface area contributed by atoms with Crippen LogP contribution in [0, 0.1) is 0 Å². The zero-order valence-electron chi connectivity index (χ0n) is 12.1. The fourth-order valence-corrected chi connectivity index (χ4v) is 5.07. The predicted molar refractivity (Wildman–Crippen MR) is 95.8 cm³/mol. The van der Waals surface area contributed by atoms with Gasteiger partial charge >= 0.3 is 0 Å². The van der Waals surface area contributed by atoms with Gasteiger partial charge in [-0.2, -0.15) is 4.99 Å². The molecule has 0 atom stereocenters. The molecule has 3 rings (SSSR count). The Morgan fingerprint density at radius 1 is 1.22 bits per heavy atom. The predicted octanol–water partition coefficient (Wildman–Crippen LogP) is 3.21. The molecule has 120 valence electrons. The summed E-state index contributed by atoms with van der Waals surface area (Å²) in [4.78, 5) is 17.7. The molecule has 0 saturated carbocycles. The molecule has 3 aromatic rings. The molecule has 0 unspecified atom stereocenters. The molecule has 5 nitrogen and oxygen atoms in total. The summed E-state index contributed by atoms with van der Waals surface area (Å²) in [5.41, 5.74) is 0.835. The number of carbonyl (C=O) groups excluding carboxylic acids is 1. The van der Waals surface area contributed by atoms with E-state index in [0.717, 1.165) is 14.0 Å². The van der Waals surface area contributed by atoms with Crippen molar-refractivity contribution >= 4 is 64.6 Å². The second kappa shape index (κ2) is 5.97. The standard InChI is InChI=1S/C14H11BrN2O3S3/c1-17-9-4-3-8(23(2,19)20)7-11(9)22-14(17)16-13(18)10-5-6-12(15)21-10/h3-7H,1-2H3. The van der Waals surface area contributed by atoms with Crippen LogP contribution in [-0.2, 0) is 16.9 Å². The lowest BCUT2D eigenvalue weighted by atomic mass is 10.3. The highest BCUT2D eigenvalue weighted by atomic mass is 79.9. The van der Waals surface area contributed by atoms with E-state index in [2.05, 4.69) is 20.9 Å². The lowest BCUT2D eigenvalue weighted by Gasteiger charge is -1.99. The molecule has 2 aromatic heterocycles. The molecule has 1 amide bonds. The van der Waals surface area contributed by atoms with Crippen LogP contribution in [0.15, 0.2) is 44.0 Å². The Morgan fingerprint density at radius 2 is 1.96 bits per heavy atom.